The summed E-state index contributed by atoms with van der Waals surface area (Å²) in [6.45, 7) is 2.04. The fourth-order valence-electron chi connectivity index (χ4n) is 3.61. The van der Waals surface area contributed by atoms with Gasteiger partial charge in [0.2, 0.25) is 0 Å². The van der Waals surface area contributed by atoms with Gasteiger partial charge in [0.1, 0.15) is 0 Å². The van der Waals surface area contributed by atoms with Gasteiger partial charge in [0.05, 0.1) is 11.2 Å². The van der Waals surface area contributed by atoms with Gasteiger partial charge in [-0.1, -0.05) is 41.4 Å². The van der Waals surface area contributed by atoms with E-state index < -0.39 is 0 Å². The van der Waals surface area contributed by atoms with E-state index in [2.05, 4.69) is 34.1 Å². The molecule has 2 aromatic carbocycles. The predicted octanol–water partition coefficient (Wildman–Crippen LogP) is 5.93. The molecule has 1 saturated heterocycles. The van der Waals surface area contributed by atoms with E-state index in [0.717, 1.165) is 41.5 Å². The first-order valence-electron chi connectivity index (χ1n) is 8.25. The number of pyridine rings is 1. The van der Waals surface area contributed by atoms with Crippen molar-refractivity contribution in [3.05, 3.63) is 70.3 Å². The topological polar surface area (TPSA) is 16.1 Å². The van der Waals surface area contributed by atoms with Gasteiger partial charge in [-0.25, -0.2) is 0 Å². The SMILES string of the molecule is Clc1cc(Cl)cc(C2CCN(c3cccc4cccnc34)CC2)c1. The average Bonchev–Trinajstić information content (AvgIpc) is 2.60. The normalized spacial score (nSPS) is 15.8. The van der Waals surface area contributed by atoms with Crippen molar-refractivity contribution in [3.63, 3.8) is 0 Å². The molecule has 1 aliphatic rings. The molecule has 2 nitrogen and oxygen atoms in total. The van der Waals surface area contributed by atoms with E-state index in [1.807, 2.05) is 24.4 Å². The molecule has 4 rings (SSSR count). The summed E-state index contributed by atoms with van der Waals surface area (Å²) in [4.78, 5) is 7.02. The lowest BCUT2D eigenvalue weighted by Crippen LogP contribution is -2.33. The Hall–Kier alpha value is -1.77. The summed E-state index contributed by atoms with van der Waals surface area (Å²) in [6, 6.07) is 16.4. The largest absolute Gasteiger partial charge is 0.370 e. The molecule has 122 valence electrons. The lowest BCUT2D eigenvalue weighted by atomic mass is 9.89. The van der Waals surface area contributed by atoms with Gasteiger partial charge in [-0.2, -0.15) is 0 Å². The van der Waals surface area contributed by atoms with Crippen LogP contribution in [0.2, 0.25) is 10.0 Å². The minimum Gasteiger partial charge on any atom is -0.370 e. The van der Waals surface area contributed by atoms with E-state index in [9.17, 15) is 0 Å². The zero-order chi connectivity index (χ0) is 16.5. The van der Waals surface area contributed by atoms with Gasteiger partial charge < -0.3 is 4.90 Å². The number of hydrogen-bond donors (Lipinski definition) is 0. The van der Waals surface area contributed by atoms with Crippen molar-refractivity contribution >= 4 is 39.8 Å². The summed E-state index contributed by atoms with van der Waals surface area (Å²) >= 11 is 12.3. The molecule has 3 aromatic rings. The number of benzene rings is 2. The number of fused-ring (bicyclic) bond motifs is 1. The molecule has 0 N–H and O–H groups in total. The highest BCUT2D eigenvalue weighted by Crippen LogP contribution is 2.34. The minimum absolute atomic E-state index is 0.514. The second-order valence-corrected chi connectivity index (χ2v) is 7.19. The smallest absolute Gasteiger partial charge is 0.0935 e. The van der Waals surface area contributed by atoms with Crippen molar-refractivity contribution in [1.29, 1.82) is 0 Å². The number of hydrogen-bond acceptors (Lipinski definition) is 2. The van der Waals surface area contributed by atoms with E-state index in [0.29, 0.717) is 5.92 Å². The second kappa shape index (κ2) is 6.62. The van der Waals surface area contributed by atoms with E-state index >= 15 is 0 Å². The van der Waals surface area contributed by atoms with E-state index in [4.69, 9.17) is 23.2 Å². The van der Waals surface area contributed by atoms with Crippen LogP contribution in [0.25, 0.3) is 10.9 Å². The van der Waals surface area contributed by atoms with Gasteiger partial charge in [-0.05, 0) is 54.7 Å². The molecule has 24 heavy (non-hydrogen) atoms. The number of anilines is 1. The van der Waals surface area contributed by atoms with Gasteiger partial charge >= 0.3 is 0 Å². The number of aromatic nitrogens is 1. The lowest BCUT2D eigenvalue weighted by Gasteiger charge is -2.34. The van der Waals surface area contributed by atoms with Crippen LogP contribution < -0.4 is 4.90 Å². The molecule has 0 bridgehead atoms. The van der Waals surface area contributed by atoms with E-state index in [-0.39, 0.29) is 0 Å². The van der Waals surface area contributed by atoms with Gasteiger partial charge in [0.15, 0.2) is 0 Å². The van der Waals surface area contributed by atoms with Crippen molar-refractivity contribution in [1.82, 2.24) is 4.98 Å². The van der Waals surface area contributed by atoms with Crippen LogP contribution in [0.1, 0.15) is 24.3 Å². The maximum Gasteiger partial charge on any atom is 0.0935 e. The molecule has 0 amide bonds. The van der Waals surface area contributed by atoms with Gasteiger partial charge in [-0.15, -0.1) is 0 Å². The van der Waals surface area contributed by atoms with Crippen molar-refractivity contribution in [3.8, 4) is 0 Å². The number of halogens is 2. The first-order chi connectivity index (χ1) is 11.7. The van der Waals surface area contributed by atoms with Gasteiger partial charge in [0.25, 0.3) is 0 Å². The molecule has 0 unspecified atom stereocenters. The molecule has 2 heterocycles. The molecule has 1 aromatic heterocycles. The summed E-state index contributed by atoms with van der Waals surface area (Å²) in [5.74, 6) is 0.514. The van der Waals surface area contributed by atoms with Crippen LogP contribution in [-0.4, -0.2) is 18.1 Å². The van der Waals surface area contributed by atoms with Crippen molar-refractivity contribution < 1.29 is 0 Å². The van der Waals surface area contributed by atoms with Crippen LogP contribution >= 0.6 is 23.2 Å². The fraction of sp³-hybridized carbons (Fsp3) is 0.250. The van der Waals surface area contributed by atoms with Crippen LogP contribution in [-0.2, 0) is 0 Å². The number of rotatable bonds is 2. The van der Waals surface area contributed by atoms with Crippen LogP contribution in [0.4, 0.5) is 5.69 Å². The highest BCUT2D eigenvalue weighted by Gasteiger charge is 2.22. The van der Waals surface area contributed by atoms with Crippen LogP contribution in [0.3, 0.4) is 0 Å². The molecule has 0 saturated carbocycles. The minimum atomic E-state index is 0.514. The molecule has 0 atom stereocenters. The molecule has 0 spiro atoms. The summed E-state index contributed by atoms with van der Waals surface area (Å²) < 4.78 is 0. The quantitative estimate of drug-likeness (QED) is 0.565. The number of nitrogens with zero attached hydrogens (tertiary/aromatic N) is 2. The highest BCUT2D eigenvalue weighted by atomic mass is 35.5. The summed E-state index contributed by atoms with van der Waals surface area (Å²) in [6.07, 6.45) is 4.06. The van der Waals surface area contributed by atoms with Crippen molar-refractivity contribution in [2.24, 2.45) is 0 Å². The zero-order valence-corrected chi connectivity index (χ0v) is 14.8. The average molecular weight is 357 g/mol. The summed E-state index contributed by atoms with van der Waals surface area (Å²) in [5, 5.41) is 2.63. The monoisotopic (exact) mass is 356 g/mol. The summed E-state index contributed by atoms with van der Waals surface area (Å²) in [7, 11) is 0. The number of piperidine rings is 1. The Kier molecular flexibility index (Phi) is 4.34. The fourth-order valence-corrected chi connectivity index (χ4v) is 4.15. The van der Waals surface area contributed by atoms with E-state index in [1.54, 1.807) is 6.07 Å². The maximum atomic E-state index is 6.16. The Morgan fingerprint density at radius 1 is 0.917 bits per heavy atom. The highest BCUT2D eigenvalue weighted by molar-refractivity contribution is 6.34. The molecule has 1 fully saturated rings. The Morgan fingerprint density at radius 2 is 1.62 bits per heavy atom. The zero-order valence-electron chi connectivity index (χ0n) is 13.3. The van der Waals surface area contributed by atoms with Gasteiger partial charge in [-0.3, -0.25) is 4.98 Å². The van der Waals surface area contributed by atoms with Crippen LogP contribution in [0.5, 0.6) is 0 Å². The standard InChI is InChI=1S/C20H18Cl2N2/c21-17-11-16(12-18(22)13-17)14-6-9-24(10-7-14)19-5-1-3-15-4-2-8-23-20(15)19/h1-5,8,11-14H,6-7,9-10H2. The number of para-hydroxylation sites is 1. The first-order valence-corrected chi connectivity index (χ1v) is 9.01. The molecule has 4 heteroatoms. The maximum absolute atomic E-state index is 6.16. The first kappa shape index (κ1) is 15.7. The van der Waals surface area contributed by atoms with Crippen molar-refractivity contribution in [2.45, 2.75) is 18.8 Å². The Morgan fingerprint density at radius 3 is 2.38 bits per heavy atom. The molecule has 0 radical (unpaired) electrons. The third kappa shape index (κ3) is 3.09. The second-order valence-electron chi connectivity index (χ2n) is 6.32. The third-order valence-corrected chi connectivity index (χ3v) is 5.24. The molecule has 0 aliphatic carbocycles. The molecular weight excluding hydrogens is 339 g/mol. The molecule has 1 aliphatic heterocycles. The Bertz CT molecular complexity index is 845. The Balaban J connectivity index is 1.55. The van der Waals surface area contributed by atoms with Crippen LogP contribution in [0.15, 0.2) is 54.7 Å². The van der Waals surface area contributed by atoms with Crippen molar-refractivity contribution in [2.75, 3.05) is 18.0 Å². The Labute approximate surface area is 152 Å². The van der Waals surface area contributed by atoms with Gasteiger partial charge in [0, 0.05) is 34.7 Å². The lowest BCUT2D eigenvalue weighted by molar-refractivity contribution is 0.506. The third-order valence-electron chi connectivity index (χ3n) is 4.80. The van der Waals surface area contributed by atoms with E-state index in [1.165, 1.54) is 16.6 Å². The molecular formula is C20H18Cl2N2. The summed E-state index contributed by atoms with van der Waals surface area (Å²) in [5.41, 5.74) is 3.57. The predicted molar refractivity (Wildman–Crippen MR) is 102 cm³/mol. The van der Waals surface area contributed by atoms with Crippen LogP contribution in [0, 0.1) is 0 Å².